The molecule has 3 aromatic carbocycles. The summed E-state index contributed by atoms with van der Waals surface area (Å²) in [5, 5.41) is 13.7. The SMILES string of the molecule is OC[C@@H]1CC[C@H](NC2(c3ccccc3)c3ccccc3-c3ccccc32)C1. The highest BCUT2D eigenvalue weighted by molar-refractivity contribution is 5.83. The van der Waals surface area contributed by atoms with Gasteiger partial charge in [0.1, 0.15) is 0 Å². The van der Waals surface area contributed by atoms with Gasteiger partial charge in [-0.1, -0.05) is 78.9 Å². The Labute approximate surface area is 160 Å². The van der Waals surface area contributed by atoms with E-state index in [1.54, 1.807) is 0 Å². The Morgan fingerprint density at radius 2 is 1.37 bits per heavy atom. The molecular formula is C25H25NO. The lowest BCUT2D eigenvalue weighted by Gasteiger charge is -2.37. The molecule has 0 heterocycles. The molecular weight excluding hydrogens is 330 g/mol. The summed E-state index contributed by atoms with van der Waals surface area (Å²) in [5.41, 5.74) is 6.27. The van der Waals surface area contributed by atoms with Gasteiger partial charge in [-0.25, -0.2) is 0 Å². The average molecular weight is 355 g/mol. The van der Waals surface area contributed by atoms with Gasteiger partial charge in [-0.3, -0.25) is 5.32 Å². The molecule has 0 radical (unpaired) electrons. The number of aliphatic hydroxyl groups is 1. The lowest BCUT2D eigenvalue weighted by molar-refractivity contribution is 0.226. The molecule has 0 unspecified atom stereocenters. The maximum Gasteiger partial charge on any atom is 0.0962 e. The van der Waals surface area contributed by atoms with Crippen molar-refractivity contribution in [1.82, 2.24) is 5.32 Å². The number of hydrogen-bond donors (Lipinski definition) is 2. The van der Waals surface area contributed by atoms with Gasteiger partial charge in [0.15, 0.2) is 0 Å². The van der Waals surface area contributed by atoms with Crippen molar-refractivity contribution >= 4 is 0 Å². The Hall–Kier alpha value is -2.42. The Balaban J connectivity index is 1.72. The Kier molecular flexibility index (Phi) is 4.11. The van der Waals surface area contributed by atoms with Crippen LogP contribution >= 0.6 is 0 Å². The zero-order valence-electron chi connectivity index (χ0n) is 15.4. The molecule has 0 amide bonds. The van der Waals surface area contributed by atoms with Crippen LogP contribution in [0.3, 0.4) is 0 Å². The molecule has 2 atom stereocenters. The van der Waals surface area contributed by atoms with Crippen LogP contribution in [-0.4, -0.2) is 17.8 Å². The van der Waals surface area contributed by atoms with Crippen molar-refractivity contribution in [3.05, 3.63) is 95.6 Å². The predicted molar refractivity (Wildman–Crippen MR) is 110 cm³/mol. The average Bonchev–Trinajstić information content (AvgIpc) is 3.31. The van der Waals surface area contributed by atoms with Gasteiger partial charge in [-0.05, 0) is 53.0 Å². The third-order valence-corrected chi connectivity index (χ3v) is 6.38. The van der Waals surface area contributed by atoms with E-state index in [9.17, 15) is 5.11 Å². The summed E-state index contributed by atoms with van der Waals surface area (Å²) in [5.74, 6) is 0.419. The highest BCUT2D eigenvalue weighted by Crippen LogP contribution is 2.51. The Morgan fingerprint density at radius 1 is 0.778 bits per heavy atom. The third-order valence-electron chi connectivity index (χ3n) is 6.38. The van der Waals surface area contributed by atoms with Gasteiger partial charge in [-0.15, -0.1) is 0 Å². The molecule has 0 bridgehead atoms. The molecule has 0 aromatic heterocycles. The summed E-state index contributed by atoms with van der Waals surface area (Å²) in [6.45, 7) is 0.295. The predicted octanol–water partition coefficient (Wildman–Crippen LogP) is 4.71. The Bertz CT molecular complexity index is 904. The van der Waals surface area contributed by atoms with Crippen LogP contribution < -0.4 is 5.32 Å². The fourth-order valence-corrected chi connectivity index (χ4v) is 5.15. The minimum Gasteiger partial charge on any atom is -0.396 e. The van der Waals surface area contributed by atoms with E-state index < -0.39 is 0 Å². The summed E-state index contributed by atoms with van der Waals surface area (Å²) in [7, 11) is 0. The van der Waals surface area contributed by atoms with Gasteiger partial charge >= 0.3 is 0 Å². The van der Waals surface area contributed by atoms with Crippen molar-refractivity contribution in [2.24, 2.45) is 5.92 Å². The molecule has 3 aromatic rings. The van der Waals surface area contributed by atoms with E-state index in [0.29, 0.717) is 18.6 Å². The molecule has 2 nitrogen and oxygen atoms in total. The fraction of sp³-hybridized carbons (Fsp3) is 0.280. The number of benzene rings is 3. The van der Waals surface area contributed by atoms with Crippen molar-refractivity contribution in [2.75, 3.05) is 6.61 Å². The zero-order chi connectivity index (χ0) is 18.3. The second-order valence-electron chi connectivity index (χ2n) is 7.91. The number of nitrogens with one attached hydrogen (secondary N) is 1. The summed E-state index contributed by atoms with van der Waals surface area (Å²) in [6.07, 6.45) is 3.25. The van der Waals surface area contributed by atoms with Crippen LogP contribution in [0.15, 0.2) is 78.9 Å². The van der Waals surface area contributed by atoms with E-state index in [0.717, 1.165) is 19.3 Å². The van der Waals surface area contributed by atoms with Crippen molar-refractivity contribution in [2.45, 2.75) is 30.8 Å². The van der Waals surface area contributed by atoms with Gasteiger partial charge < -0.3 is 5.11 Å². The lowest BCUT2D eigenvalue weighted by atomic mass is 9.80. The molecule has 136 valence electrons. The van der Waals surface area contributed by atoms with Gasteiger partial charge in [-0.2, -0.15) is 0 Å². The molecule has 1 saturated carbocycles. The molecule has 0 spiro atoms. The first-order valence-corrected chi connectivity index (χ1v) is 9.96. The quantitative estimate of drug-likeness (QED) is 0.710. The van der Waals surface area contributed by atoms with Crippen molar-refractivity contribution < 1.29 is 5.11 Å². The highest BCUT2D eigenvalue weighted by atomic mass is 16.3. The number of rotatable bonds is 4. The second-order valence-corrected chi connectivity index (χ2v) is 7.91. The standard InChI is InChI=1S/C25H25NO/c27-17-18-14-15-20(16-18)26-25(19-8-2-1-3-9-19)23-12-6-4-10-21(23)22-11-5-7-13-24(22)25/h1-13,18,20,26-27H,14-17H2/t18-,20+/m1/s1. The maximum atomic E-state index is 9.61. The van der Waals surface area contributed by atoms with E-state index in [4.69, 9.17) is 0 Å². The molecule has 2 heteroatoms. The topological polar surface area (TPSA) is 32.3 Å². The molecule has 2 N–H and O–H groups in total. The van der Waals surface area contributed by atoms with Crippen LogP contribution in [0.2, 0.25) is 0 Å². The first kappa shape index (κ1) is 16.7. The van der Waals surface area contributed by atoms with Crippen LogP contribution in [0, 0.1) is 5.92 Å². The van der Waals surface area contributed by atoms with Gasteiger partial charge in [0.05, 0.1) is 5.54 Å². The van der Waals surface area contributed by atoms with Crippen LogP contribution in [0.1, 0.15) is 36.0 Å². The van der Waals surface area contributed by atoms with Crippen molar-refractivity contribution in [1.29, 1.82) is 0 Å². The normalized spacial score (nSPS) is 22.4. The molecule has 0 saturated heterocycles. The molecule has 2 aliphatic rings. The summed E-state index contributed by atoms with van der Waals surface area (Å²) in [4.78, 5) is 0. The molecule has 2 aliphatic carbocycles. The summed E-state index contributed by atoms with van der Waals surface area (Å²) >= 11 is 0. The van der Waals surface area contributed by atoms with E-state index in [1.807, 2.05) is 0 Å². The highest BCUT2D eigenvalue weighted by Gasteiger charge is 2.46. The first-order valence-electron chi connectivity index (χ1n) is 9.96. The largest absolute Gasteiger partial charge is 0.396 e. The summed E-state index contributed by atoms with van der Waals surface area (Å²) < 4.78 is 0. The molecule has 5 rings (SSSR count). The maximum absolute atomic E-state index is 9.61. The van der Waals surface area contributed by atoms with Crippen LogP contribution in [0.4, 0.5) is 0 Å². The fourth-order valence-electron chi connectivity index (χ4n) is 5.15. The molecule has 0 aliphatic heterocycles. The summed E-state index contributed by atoms with van der Waals surface area (Å²) in [6, 6.07) is 28.8. The smallest absolute Gasteiger partial charge is 0.0962 e. The monoisotopic (exact) mass is 355 g/mol. The van der Waals surface area contributed by atoms with Crippen LogP contribution in [0.25, 0.3) is 11.1 Å². The number of hydrogen-bond acceptors (Lipinski definition) is 2. The van der Waals surface area contributed by atoms with Crippen molar-refractivity contribution in [3.8, 4) is 11.1 Å². The van der Waals surface area contributed by atoms with E-state index in [-0.39, 0.29) is 5.54 Å². The second kappa shape index (κ2) is 6.63. The van der Waals surface area contributed by atoms with E-state index in [1.165, 1.54) is 27.8 Å². The van der Waals surface area contributed by atoms with Gasteiger partial charge in [0.2, 0.25) is 0 Å². The molecule has 27 heavy (non-hydrogen) atoms. The van der Waals surface area contributed by atoms with E-state index >= 15 is 0 Å². The lowest BCUT2D eigenvalue weighted by Crippen LogP contribution is -2.47. The Morgan fingerprint density at radius 3 is 1.96 bits per heavy atom. The number of aliphatic hydroxyl groups excluding tert-OH is 1. The molecule has 1 fully saturated rings. The zero-order valence-corrected chi connectivity index (χ0v) is 15.4. The van der Waals surface area contributed by atoms with Gasteiger partial charge in [0.25, 0.3) is 0 Å². The van der Waals surface area contributed by atoms with E-state index in [2.05, 4.69) is 84.2 Å². The minimum absolute atomic E-state index is 0.295. The minimum atomic E-state index is -0.330. The number of fused-ring (bicyclic) bond motifs is 3. The van der Waals surface area contributed by atoms with Crippen LogP contribution in [0.5, 0.6) is 0 Å². The first-order chi connectivity index (χ1) is 13.3. The van der Waals surface area contributed by atoms with Crippen LogP contribution in [-0.2, 0) is 5.54 Å². The van der Waals surface area contributed by atoms with Crippen molar-refractivity contribution in [3.63, 3.8) is 0 Å². The third kappa shape index (κ3) is 2.55. The van der Waals surface area contributed by atoms with Gasteiger partial charge in [0, 0.05) is 12.6 Å².